The first kappa shape index (κ1) is 15.8. The largest absolute Gasteiger partial charge is 0.497 e. The number of methoxy groups -OCH3 is 2. The van der Waals surface area contributed by atoms with E-state index in [4.69, 9.17) is 14.2 Å². The minimum Gasteiger partial charge on any atom is -0.497 e. The summed E-state index contributed by atoms with van der Waals surface area (Å²) in [5.41, 5.74) is 0.536. The van der Waals surface area contributed by atoms with Crippen LogP contribution in [0.4, 0.5) is 0 Å². The van der Waals surface area contributed by atoms with E-state index in [1.54, 1.807) is 32.4 Å². The van der Waals surface area contributed by atoms with Crippen LogP contribution in [0.3, 0.4) is 0 Å². The highest BCUT2D eigenvalue weighted by Gasteiger charge is 2.30. The fourth-order valence-electron chi connectivity index (χ4n) is 2.47. The van der Waals surface area contributed by atoms with Crippen molar-refractivity contribution in [3.63, 3.8) is 0 Å². The normalized spacial score (nSPS) is 19.6. The number of carbonyl (C=O) groups is 1. The quantitative estimate of drug-likeness (QED) is 0.777. The van der Waals surface area contributed by atoms with Crippen molar-refractivity contribution in [2.24, 2.45) is 0 Å². The molecule has 5 nitrogen and oxygen atoms in total. The van der Waals surface area contributed by atoms with Gasteiger partial charge in [-0.15, -0.1) is 0 Å². The Bertz CT molecular complexity index is 501. The third-order valence-electron chi connectivity index (χ3n) is 3.79. The highest BCUT2D eigenvalue weighted by molar-refractivity contribution is 6.02. The van der Waals surface area contributed by atoms with E-state index >= 15 is 0 Å². The van der Waals surface area contributed by atoms with E-state index < -0.39 is 6.10 Å². The molecule has 2 rings (SSSR count). The summed E-state index contributed by atoms with van der Waals surface area (Å²) in [6.45, 7) is 6.31. The molecule has 116 valence electrons. The molecule has 1 aromatic rings. The first-order chi connectivity index (χ1) is 10.1. The Morgan fingerprint density at radius 2 is 2.10 bits per heavy atom. The molecule has 21 heavy (non-hydrogen) atoms. The van der Waals surface area contributed by atoms with Crippen molar-refractivity contribution in [1.82, 2.24) is 4.90 Å². The van der Waals surface area contributed by atoms with Crippen LogP contribution in [0.1, 0.15) is 24.2 Å². The number of ether oxygens (including phenoxy) is 3. The van der Waals surface area contributed by atoms with Crippen LogP contribution in [-0.4, -0.2) is 56.7 Å². The lowest BCUT2D eigenvalue weighted by Crippen LogP contribution is -2.48. The van der Waals surface area contributed by atoms with E-state index in [2.05, 4.69) is 18.7 Å². The van der Waals surface area contributed by atoms with Gasteiger partial charge >= 0.3 is 0 Å². The second kappa shape index (κ2) is 6.91. The topological polar surface area (TPSA) is 48.0 Å². The molecule has 1 aliphatic heterocycles. The minimum absolute atomic E-state index is 0.0418. The average Bonchev–Trinajstić information content (AvgIpc) is 2.53. The lowest BCUT2D eigenvalue weighted by atomic mass is 10.0. The molecular formula is C16H23NO4. The first-order valence-electron chi connectivity index (χ1n) is 7.18. The zero-order valence-corrected chi connectivity index (χ0v) is 13.1. The molecule has 0 amide bonds. The SMILES string of the molecule is COc1ccc(C(=O)C2CN(C(C)C)CCO2)c(OC)c1. The molecule has 0 aliphatic carbocycles. The predicted molar refractivity (Wildman–Crippen MR) is 80.3 cm³/mol. The Labute approximate surface area is 125 Å². The predicted octanol–water partition coefficient (Wildman–Crippen LogP) is 2.00. The number of rotatable bonds is 5. The van der Waals surface area contributed by atoms with E-state index in [1.807, 2.05) is 0 Å². The summed E-state index contributed by atoms with van der Waals surface area (Å²) in [7, 11) is 3.13. The molecule has 1 aromatic carbocycles. The van der Waals surface area contributed by atoms with Gasteiger partial charge in [-0.2, -0.15) is 0 Å². The van der Waals surface area contributed by atoms with Gasteiger partial charge in [-0.25, -0.2) is 0 Å². The molecule has 1 saturated heterocycles. The van der Waals surface area contributed by atoms with Crippen LogP contribution in [0.25, 0.3) is 0 Å². The van der Waals surface area contributed by atoms with Gasteiger partial charge in [-0.3, -0.25) is 9.69 Å². The van der Waals surface area contributed by atoms with Gasteiger partial charge in [0.2, 0.25) is 0 Å². The Kier molecular flexibility index (Phi) is 5.20. The number of nitrogens with zero attached hydrogens (tertiary/aromatic N) is 1. The van der Waals surface area contributed by atoms with Crippen molar-refractivity contribution in [2.75, 3.05) is 33.9 Å². The molecule has 0 bridgehead atoms. The molecule has 0 radical (unpaired) electrons. The summed E-state index contributed by atoms with van der Waals surface area (Å²) >= 11 is 0. The van der Waals surface area contributed by atoms with Crippen molar-refractivity contribution in [1.29, 1.82) is 0 Å². The molecular weight excluding hydrogens is 270 g/mol. The van der Waals surface area contributed by atoms with E-state index in [9.17, 15) is 4.79 Å². The van der Waals surface area contributed by atoms with Crippen LogP contribution in [-0.2, 0) is 4.74 Å². The lowest BCUT2D eigenvalue weighted by Gasteiger charge is -2.34. The second-order valence-corrected chi connectivity index (χ2v) is 5.38. The molecule has 1 atom stereocenters. The highest BCUT2D eigenvalue weighted by Crippen LogP contribution is 2.27. The van der Waals surface area contributed by atoms with Crippen molar-refractivity contribution in [3.8, 4) is 11.5 Å². The maximum absolute atomic E-state index is 12.7. The van der Waals surface area contributed by atoms with Gasteiger partial charge < -0.3 is 14.2 Å². The Morgan fingerprint density at radius 1 is 1.33 bits per heavy atom. The van der Waals surface area contributed by atoms with Crippen molar-refractivity contribution in [3.05, 3.63) is 23.8 Å². The standard InChI is InChI=1S/C16H23NO4/c1-11(2)17-7-8-21-15(10-17)16(18)13-6-5-12(19-3)9-14(13)20-4/h5-6,9,11,15H,7-8,10H2,1-4H3. The van der Waals surface area contributed by atoms with Crippen LogP contribution in [0.15, 0.2) is 18.2 Å². The van der Waals surface area contributed by atoms with Gasteiger partial charge in [0.1, 0.15) is 17.6 Å². The fraction of sp³-hybridized carbons (Fsp3) is 0.562. The van der Waals surface area contributed by atoms with E-state index in [-0.39, 0.29) is 5.78 Å². The average molecular weight is 293 g/mol. The number of hydrogen-bond acceptors (Lipinski definition) is 5. The monoisotopic (exact) mass is 293 g/mol. The van der Waals surface area contributed by atoms with Gasteiger partial charge in [0.05, 0.1) is 26.4 Å². The van der Waals surface area contributed by atoms with Crippen LogP contribution in [0.5, 0.6) is 11.5 Å². The molecule has 0 saturated carbocycles. The van der Waals surface area contributed by atoms with Crippen molar-refractivity contribution in [2.45, 2.75) is 26.0 Å². The lowest BCUT2D eigenvalue weighted by molar-refractivity contribution is -0.0257. The Hall–Kier alpha value is -1.59. The van der Waals surface area contributed by atoms with Crippen LogP contribution in [0.2, 0.25) is 0 Å². The zero-order valence-electron chi connectivity index (χ0n) is 13.1. The number of carbonyl (C=O) groups excluding carboxylic acids is 1. The van der Waals surface area contributed by atoms with E-state index in [0.29, 0.717) is 36.3 Å². The summed E-state index contributed by atoms with van der Waals surface area (Å²) < 4.78 is 16.1. The molecule has 5 heteroatoms. The zero-order chi connectivity index (χ0) is 15.4. The maximum atomic E-state index is 12.7. The Balaban J connectivity index is 2.19. The van der Waals surface area contributed by atoms with Gasteiger partial charge in [0, 0.05) is 25.2 Å². The third-order valence-corrected chi connectivity index (χ3v) is 3.79. The molecule has 1 heterocycles. The van der Waals surface area contributed by atoms with Crippen molar-refractivity contribution < 1.29 is 19.0 Å². The Morgan fingerprint density at radius 3 is 2.71 bits per heavy atom. The summed E-state index contributed by atoms with van der Waals surface area (Å²) in [5, 5.41) is 0. The fourth-order valence-corrected chi connectivity index (χ4v) is 2.47. The number of hydrogen-bond donors (Lipinski definition) is 0. The molecule has 0 aromatic heterocycles. The number of Topliss-reactive ketones (excluding diaryl/α,β-unsaturated/α-hetero) is 1. The van der Waals surface area contributed by atoms with Crippen molar-refractivity contribution >= 4 is 5.78 Å². The maximum Gasteiger partial charge on any atom is 0.196 e. The number of ketones is 1. The molecule has 0 spiro atoms. The smallest absolute Gasteiger partial charge is 0.196 e. The number of morpholine rings is 1. The molecule has 1 unspecified atom stereocenters. The summed E-state index contributed by atoms with van der Waals surface area (Å²) in [4.78, 5) is 14.9. The minimum atomic E-state index is -0.441. The second-order valence-electron chi connectivity index (χ2n) is 5.38. The highest BCUT2D eigenvalue weighted by atomic mass is 16.5. The summed E-state index contributed by atoms with van der Waals surface area (Å²) in [6, 6.07) is 5.62. The molecule has 0 N–H and O–H groups in total. The van der Waals surface area contributed by atoms with Gasteiger partial charge in [0.25, 0.3) is 0 Å². The summed E-state index contributed by atoms with van der Waals surface area (Å²) in [6.07, 6.45) is -0.441. The van der Waals surface area contributed by atoms with E-state index in [1.165, 1.54) is 0 Å². The van der Waals surface area contributed by atoms with Crippen LogP contribution >= 0.6 is 0 Å². The third kappa shape index (κ3) is 3.54. The van der Waals surface area contributed by atoms with Crippen LogP contribution < -0.4 is 9.47 Å². The number of benzene rings is 1. The van der Waals surface area contributed by atoms with Gasteiger partial charge in [-0.1, -0.05) is 0 Å². The van der Waals surface area contributed by atoms with Gasteiger partial charge in [0.15, 0.2) is 5.78 Å². The van der Waals surface area contributed by atoms with E-state index in [0.717, 1.165) is 6.54 Å². The first-order valence-corrected chi connectivity index (χ1v) is 7.18. The van der Waals surface area contributed by atoms with Gasteiger partial charge in [-0.05, 0) is 26.0 Å². The summed E-state index contributed by atoms with van der Waals surface area (Å²) in [5.74, 6) is 1.14. The molecule has 1 fully saturated rings. The molecule has 1 aliphatic rings. The van der Waals surface area contributed by atoms with Crippen LogP contribution in [0, 0.1) is 0 Å².